The quantitative estimate of drug-likeness (QED) is 0.712. The Hall–Kier alpha value is -3.08. The Morgan fingerprint density at radius 2 is 1.88 bits per heavy atom. The Morgan fingerprint density at radius 3 is 2.62 bits per heavy atom. The van der Waals surface area contributed by atoms with Crippen molar-refractivity contribution < 1.29 is 4.79 Å². The minimum absolute atomic E-state index is 0.0464. The second kappa shape index (κ2) is 7.04. The van der Waals surface area contributed by atoms with Crippen LogP contribution in [-0.4, -0.2) is 32.3 Å². The second-order valence-electron chi connectivity index (χ2n) is 6.40. The molecular formula is C21H20N4O. The van der Waals surface area contributed by atoms with Crippen molar-refractivity contribution in [3.8, 4) is 11.1 Å². The van der Waals surface area contributed by atoms with Crippen LogP contribution in [0.25, 0.3) is 11.1 Å². The van der Waals surface area contributed by atoms with Gasteiger partial charge in [0.25, 0.3) is 5.91 Å². The van der Waals surface area contributed by atoms with Gasteiger partial charge in [-0.05, 0) is 47.4 Å². The molecule has 26 heavy (non-hydrogen) atoms. The summed E-state index contributed by atoms with van der Waals surface area (Å²) in [6.07, 6.45) is 8.90. The van der Waals surface area contributed by atoms with Crippen LogP contribution >= 0.6 is 0 Å². The average molecular weight is 344 g/mol. The van der Waals surface area contributed by atoms with E-state index >= 15 is 0 Å². The van der Waals surface area contributed by atoms with Gasteiger partial charge in [0.2, 0.25) is 0 Å². The molecule has 130 valence electrons. The van der Waals surface area contributed by atoms with Gasteiger partial charge in [-0.15, -0.1) is 0 Å². The van der Waals surface area contributed by atoms with Gasteiger partial charge in [-0.3, -0.25) is 19.7 Å². The number of aryl methyl sites for hydroxylation is 1. The number of pyridine rings is 3. The Kier molecular flexibility index (Phi) is 4.44. The van der Waals surface area contributed by atoms with Crippen LogP contribution in [0.1, 0.15) is 34.2 Å². The van der Waals surface area contributed by atoms with Gasteiger partial charge in [-0.2, -0.15) is 0 Å². The summed E-state index contributed by atoms with van der Waals surface area (Å²) in [5, 5.41) is 0. The first-order valence-corrected chi connectivity index (χ1v) is 8.87. The number of fused-ring (bicyclic) bond motifs is 1. The SMILES string of the molecule is CCc1ccc(CCN2Cc3nccc(-c4ccncc4)c3C2=O)nc1. The van der Waals surface area contributed by atoms with Crippen molar-refractivity contribution in [2.24, 2.45) is 0 Å². The molecule has 0 N–H and O–H groups in total. The fraction of sp³-hybridized carbons (Fsp3) is 0.238. The molecule has 0 unspecified atom stereocenters. The molecule has 0 aromatic carbocycles. The third-order valence-electron chi connectivity index (χ3n) is 4.79. The van der Waals surface area contributed by atoms with Crippen LogP contribution in [0.2, 0.25) is 0 Å². The van der Waals surface area contributed by atoms with Crippen LogP contribution in [-0.2, 0) is 19.4 Å². The van der Waals surface area contributed by atoms with Gasteiger partial charge < -0.3 is 4.90 Å². The summed E-state index contributed by atoms with van der Waals surface area (Å²) in [6.45, 7) is 3.31. The number of aromatic nitrogens is 3. The van der Waals surface area contributed by atoms with Crippen LogP contribution < -0.4 is 0 Å². The summed E-state index contributed by atoms with van der Waals surface area (Å²) in [5.41, 5.74) is 5.71. The summed E-state index contributed by atoms with van der Waals surface area (Å²) >= 11 is 0. The molecule has 0 saturated carbocycles. The van der Waals surface area contributed by atoms with E-state index in [1.54, 1.807) is 18.6 Å². The van der Waals surface area contributed by atoms with E-state index in [1.807, 2.05) is 35.4 Å². The standard InChI is InChI=1S/C21H20N4O/c1-2-15-3-4-17(24-13-15)8-12-25-14-19-20(21(25)26)18(7-11-23-19)16-5-9-22-10-6-16/h3-7,9-11,13H,2,8,12,14H2,1H3. The first-order chi connectivity index (χ1) is 12.8. The van der Waals surface area contributed by atoms with Crippen molar-refractivity contribution in [3.63, 3.8) is 0 Å². The predicted molar refractivity (Wildman–Crippen MR) is 99.5 cm³/mol. The smallest absolute Gasteiger partial charge is 0.256 e. The van der Waals surface area contributed by atoms with E-state index in [9.17, 15) is 4.79 Å². The molecule has 0 atom stereocenters. The summed E-state index contributed by atoms with van der Waals surface area (Å²) < 4.78 is 0. The summed E-state index contributed by atoms with van der Waals surface area (Å²) in [5.74, 6) is 0.0464. The highest BCUT2D eigenvalue weighted by molar-refractivity contribution is 6.03. The van der Waals surface area contributed by atoms with Gasteiger partial charge in [-0.25, -0.2) is 0 Å². The fourth-order valence-corrected chi connectivity index (χ4v) is 3.29. The Labute approximate surface area is 152 Å². The Morgan fingerprint density at radius 1 is 1.04 bits per heavy atom. The lowest BCUT2D eigenvalue weighted by molar-refractivity contribution is 0.0780. The van der Waals surface area contributed by atoms with Gasteiger partial charge in [-0.1, -0.05) is 13.0 Å². The third kappa shape index (κ3) is 3.08. The molecule has 0 radical (unpaired) electrons. The number of carbonyl (C=O) groups is 1. The highest BCUT2D eigenvalue weighted by Gasteiger charge is 2.31. The maximum Gasteiger partial charge on any atom is 0.256 e. The summed E-state index contributed by atoms with van der Waals surface area (Å²) in [4.78, 5) is 27.8. The second-order valence-corrected chi connectivity index (χ2v) is 6.40. The van der Waals surface area contributed by atoms with Gasteiger partial charge in [0.15, 0.2) is 0 Å². The van der Waals surface area contributed by atoms with Crippen LogP contribution in [0, 0.1) is 0 Å². The van der Waals surface area contributed by atoms with Crippen molar-refractivity contribution in [2.45, 2.75) is 26.3 Å². The number of hydrogen-bond acceptors (Lipinski definition) is 4. The fourth-order valence-electron chi connectivity index (χ4n) is 3.29. The number of nitrogens with zero attached hydrogens (tertiary/aromatic N) is 4. The summed E-state index contributed by atoms with van der Waals surface area (Å²) in [6, 6.07) is 9.90. The van der Waals surface area contributed by atoms with Crippen LogP contribution in [0.4, 0.5) is 0 Å². The maximum atomic E-state index is 13.0. The molecule has 0 aliphatic carbocycles. The van der Waals surface area contributed by atoms with Crippen LogP contribution in [0.3, 0.4) is 0 Å². The first-order valence-electron chi connectivity index (χ1n) is 8.87. The molecule has 4 heterocycles. The molecule has 1 aliphatic heterocycles. The van der Waals surface area contributed by atoms with Crippen molar-refractivity contribution in [2.75, 3.05) is 6.54 Å². The zero-order chi connectivity index (χ0) is 17.9. The van der Waals surface area contributed by atoms with Gasteiger partial charge in [0.05, 0.1) is 17.8 Å². The number of hydrogen-bond donors (Lipinski definition) is 0. The van der Waals surface area contributed by atoms with Crippen LogP contribution in [0.15, 0.2) is 55.1 Å². The molecule has 4 rings (SSSR count). The molecule has 0 fully saturated rings. The van der Waals surface area contributed by atoms with E-state index in [2.05, 4.69) is 27.9 Å². The topological polar surface area (TPSA) is 59.0 Å². The molecule has 5 heteroatoms. The average Bonchev–Trinajstić information content (AvgIpc) is 3.03. The molecule has 1 amide bonds. The normalized spacial score (nSPS) is 13.1. The highest BCUT2D eigenvalue weighted by Crippen LogP contribution is 2.31. The minimum Gasteiger partial charge on any atom is -0.332 e. The van der Waals surface area contributed by atoms with Gasteiger partial charge in [0.1, 0.15) is 0 Å². The van der Waals surface area contributed by atoms with E-state index in [4.69, 9.17) is 0 Å². The molecule has 0 saturated heterocycles. The molecule has 3 aromatic rings. The lowest BCUT2D eigenvalue weighted by Gasteiger charge is -2.15. The third-order valence-corrected chi connectivity index (χ3v) is 4.79. The van der Waals surface area contributed by atoms with E-state index in [1.165, 1.54) is 5.56 Å². The van der Waals surface area contributed by atoms with Crippen molar-refractivity contribution in [1.82, 2.24) is 19.9 Å². The zero-order valence-corrected chi connectivity index (χ0v) is 14.7. The molecule has 1 aliphatic rings. The lowest BCUT2D eigenvalue weighted by atomic mass is 10.0. The highest BCUT2D eigenvalue weighted by atomic mass is 16.2. The molecule has 0 spiro atoms. The molecule has 5 nitrogen and oxygen atoms in total. The van der Waals surface area contributed by atoms with Crippen LogP contribution in [0.5, 0.6) is 0 Å². The Balaban J connectivity index is 1.53. The molecule has 0 bridgehead atoms. The van der Waals surface area contributed by atoms with Gasteiger partial charge >= 0.3 is 0 Å². The van der Waals surface area contributed by atoms with E-state index in [0.717, 1.165) is 35.4 Å². The van der Waals surface area contributed by atoms with E-state index < -0.39 is 0 Å². The number of rotatable bonds is 5. The number of carbonyl (C=O) groups excluding carboxylic acids is 1. The van der Waals surface area contributed by atoms with Gasteiger partial charge in [0, 0.05) is 43.4 Å². The maximum absolute atomic E-state index is 13.0. The van der Waals surface area contributed by atoms with Crippen molar-refractivity contribution in [1.29, 1.82) is 0 Å². The first kappa shape index (κ1) is 16.4. The largest absolute Gasteiger partial charge is 0.332 e. The lowest BCUT2D eigenvalue weighted by Crippen LogP contribution is -2.26. The molecular weight excluding hydrogens is 324 g/mol. The van der Waals surface area contributed by atoms with E-state index in [0.29, 0.717) is 18.7 Å². The van der Waals surface area contributed by atoms with E-state index in [-0.39, 0.29) is 5.91 Å². The monoisotopic (exact) mass is 344 g/mol. The number of amides is 1. The minimum atomic E-state index is 0.0464. The zero-order valence-electron chi connectivity index (χ0n) is 14.7. The Bertz CT molecular complexity index is 923. The van der Waals surface area contributed by atoms with Crippen molar-refractivity contribution in [3.05, 3.63) is 77.6 Å². The molecule has 3 aromatic heterocycles. The predicted octanol–water partition coefficient (Wildman–Crippen LogP) is 3.30. The van der Waals surface area contributed by atoms with Crippen molar-refractivity contribution >= 4 is 5.91 Å². The summed E-state index contributed by atoms with van der Waals surface area (Å²) in [7, 11) is 0.